The van der Waals surface area contributed by atoms with Gasteiger partial charge in [0.2, 0.25) is 15.9 Å². The average Bonchev–Trinajstić information content (AvgIpc) is 2.55. The summed E-state index contributed by atoms with van der Waals surface area (Å²) in [6.07, 6.45) is -0.0970. The van der Waals surface area contributed by atoms with Crippen LogP contribution in [0, 0.1) is 0 Å². The lowest BCUT2D eigenvalue weighted by atomic mass is 10.0. The van der Waals surface area contributed by atoms with E-state index in [2.05, 4.69) is 5.32 Å². The van der Waals surface area contributed by atoms with Crippen molar-refractivity contribution < 1.29 is 23.1 Å². The first-order valence-electron chi connectivity index (χ1n) is 7.35. The van der Waals surface area contributed by atoms with Gasteiger partial charge in [0.25, 0.3) is 0 Å². The number of aromatic carboxylic acids is 1. The number of hydrogen-bond donors (Lipinski definition) is 2. The Hall–Kier alpha value is -2.71. The van der Waals surface area contributed by atoms with Gasteiger partial charge in [-0.3, -0.25) is 4.79 Å². The van der Waals surface area contributed by atoms with Crippen molar-refractivity contribution in [1.82, 2.24) is 4.31 Å². The maximum atomic E-state index is 12.1. The van der Waals surface area contributed by atoms with Gasteiger partial charge in [0.05, 0.1) is 16.9 Å². The van der Waals surface area contributed by atoms with Crippen LogP contribution < -0.4 is 5.32 Å². The van der Waals surface area contributed by atoms with E-state index in [-0.39, 0.29) is 16.9 Å². The van der Waals surface area contributed by atoms with Crippen molar-refractivity contribution in [3.05, 3.63) is 59.7 Å². The predicted octanol–water partition coefficient (Wildman–Crippen LogP) is 1.82. The van der Waals surface area contributed by atoms with Gasteiger partial charge in [-0.2, -0.15) is 0 Å². The van der Waals surface area contributed by atoms with E-state index in [1.54, 1.807) is 18.2 Å². The van der Waals surface area contributed by atoms with Crippen LogP contribution in [0.2, 0.25) is 0 Å². The molecule has 8 heteroatoms. The van der Waals surface area contributed by atoms with Crippen LogP contribution in [0.15, 0.2) is 53.4 Å². The van der Waals surface area contributed by atoms with Crippen LogP contribution in [0.4, 0.5) is 5.69 Å². The molecule has 2 aromatic rings. The summed E-state index contributed by atoms with van der Waals surface area (Å²) in [5.74, 6) is -1.49. The molecule has 1 amide bonds. The number of carbonyl (C=O) groups excluding carboxylic acids is 1. The van der Waals surface area contributed by atoms with Crippen LogP contribution in [0.25, 0.3) is 0 Å². The molecule has 0 fully saturated rings. The van der Waals surface area contributed by atoms with Crippen LogP contribution in [0.3, 0.4) is 0 Å². The Labute approximate surface area is 146 Å². The topological polar surface area (TPSA) is 104 Å². The number of anilines is 1. The molecule has 7 nitrogen and oxygen atoms in total. The molecule has 0 bridgehead atoms. The van der Waals surface area contributed by atoms with Gasteiger partial charge < -0.3 is 10.4 Å². The molecule has 2 aromatic carbocycles. The molecule has 2 rings (SSSR count). The van der Waals surface area contributed by atoms with Crippen molar-refractivity contribution in [3.63, 3.8) is 0 Å². The largest absolute Gasteiger partial charge is 0.478 e. The van der Waals surface area contributed by atoms with Gasteiger partial charge in [-0.05, 0) is 35.9 Å². The van der Waals surface area contributed by atoms with Crippen molar-refractivity contribution in [2.45, 2.75) is 11.3 Å². The van der Waals surface area contributed by atoms with E-state index in [4.69, 9.17) is 5.11 Å². The van der Waals surface area contributed by atoms with Gasteiger partial charge in [0, 0.05) is 19.8 Å². The normalized spacial score (nSPS) is 11.3. The summed E-state index contributed by atoms with van der Waals surface area (Å²) in [6, 6.07) is 12.0. The molecule has 0 saturated heterocycles. The van der Waals surface area contributed by atoms with Gasteiger partial charge >= 0.3 is 5.97 Å². The van der Waals surface area contributed by atoms with Gasteiger partial charge in [0.1, 0.15) is 0 Å². The smallest absolute Gasteiger partial charge is 0.335 e. The van der Waals surface area contributed by atoms with E-state index in [0.29, 0.717) is 11.3 Å². The van der Waals surface area contributed by atoms with Crippen molar-refractivity contribution in [2.24, 2.45) is 0 Å². The van der Waals surface area contributed by atoms with Gasteiger partial charge in [-0.15, -0.1) is 0 Å². The summed E-state index contributed by atoms with van der Waals surface area (Å²) >= 11 is 0. The predicted molar refractivity (Wildman–Crippen MR) is 93.0 cm³/mol. The SMILES string of the molecule is CN(C)S(=O)(=O)c1ccc(NC(=O)Cc2ccccc2C(=O)O)cc1. The minimum Gasteiger partial charge on any atom is -0.478 e. The summed E-state index contributed by atoms with van der Waals surface area (Å²) in [5, 5.41) is 11.8. The lowest BCUT2D eigenvalue weighted by Gasteiger charge is -2.12. The molecular formula is C17H18N2O5S. The summed E-state index contributed by atoms with van der Waals surface area (Å²) in [4.78, 5) is 23.4. The molecule has 0 unspecified atom stereocenters. The first-order chi connectivity index (χ1) is 11.7. The van der Waals surface area contributed by atoms with E-state index >= 15 is 0 Å². The standard InChI is InChI=1S/C17H18N2O5S/c1-19(2)25(23,24)14-9-7-13(8-10-14)18-16(20)11-12-5-3-4-6-15(12)17(21)22/h3-10H,11H2,1-2H3,(H,18,20)(H,21,22). The first kappa shape index (κ1) is 18.6. The Morgan fingerprint density at radius 1 is 1.04 bits per heavy atom. The van der Waals surface area contributed by atoms with E-state index < -0.39 is 21.9 Å². The Balaban J connectivity index is 2.11. The fourth-order valence-corrected chi connectivity index (χ4v) is 3.08. The number of sulfonamides is 1. The maximum Gasteiger partial charge on any atom is 0.335 e. The highest BCUT2D eigenvalue weighted by Crippen LogP contribution is 2.17. The third-order valence-electron chi connectivity index (χ3n) is 3.52. The molecule has 0 saturated carbocycles. The monoisotopic (exact) mass is 362 g/mol. The minimum absolute atomic E-state index is 0.0741. The molecule has 0 radical (unpaired) electrons. The van der Waals surface area contributed by atoms with Crippen LogP contribution in [0.5, 0.6) is 0 Å². The molecule has 0 heterocycles. The number of benzene rings is 2. The Morgan fingerprint density at radius 2 is 1.64 bits per heavy atom. The Morgan fingerprint density at radius 3 is 2.20 bits per heavy atom. The zero-order chi connectivity index (χ0) is 18.6. The third-order valence-corrected chi connectivity index (χ3v) is 5.34. The van der Waals surface area contributed by atoms with Gasteiger partial charge in [-0.1, -0.05) is 18.2 Å². The molecule has 0 aliphatic heterocycles. The highest BCUT2D eigenvalue weighted by molar-refractivity contribution is 7.89. The molecule has 25 heavy (non-hydrogen) atoms. The highest BCUT2D eigenvalue weighted by Gasteiger charge is 2.17. The maximum absolute atomic E-state index is 12.1. The first-order valence-corrected chi connectivity index (χ1v) is 8.79. The van der Waals surface area contributed by atoms with Crippen molar-refractivity contribution in [3.8, 4) is 0 Å². The van der Waals surface area contributed by atoms with Crippen molar-refractivity contribution in [2.75, 3.05) is 19.4 Å². The van der Waals surface area contributed by atoms with Gasteiger partial charge in [0.15, 0.2) is 0 Å². The van der Waals surface area contributed by atoms with Gasteiger partial charge in [-0.25, -0.2) is 17.5 Å². The number of carboxylic acid groups (broad SMARTS) is 1. The number of rotatable bonds is 6. The summed E-state index contributed by atoms with van der Waals surface area (Å²) in [5.41, 5.74) is 0.903. The molecule has 0 spiro atoms. The number of nitrogens with one attached hydrogen (secondary N) is 1. The number of hydrogen-bond acceptors (Lipinski definition) is 4. The highest BCUT2D eigenvalue weighted by atomic mass is 32.2. The van der Waals surface area contributed by atoms with E-state index in [1.165, 1.54) is 44.4 Å². The molecule has 2 N–H and O–H groups in total. The fraction of sp³-hybridized carbons (Fsp3) is 0.176. The van der Waals surface area contributed by atoms with Crippen molar-refractivity contribution >= 4 is 27.6 Å². The quantitative estimate of drug-likeness (QED) is 0.816. The lowest BCUT2D eigenvalue weighted by molar-refractivity contribution is -0.115. The second-order valence-corrected chi connectivity index (χ2v) is 7.65. The molecule has 0 atom stereocenters. The lowest BCUT2D eigenvalue weighted by Crippen LogP contribution is -2.22. The number of nitrogens with zero attached hydrogens (tertiary/aromatic N) is 1. The number of carboxylic acids is 1. The summed E-state index contributed by atoms with van der Waals surface area (Å²) in [7, 11) is -0.660. The second kappa shape index (κ2) is 7.45. The Kier molecular flexibility index (Phi) is 5.55. The van der Waals surface area contributed by atoms with Crippen LogP contribution in [-0.2, 0) is 21.2 Å². The third kappa shape index (κ3) is 4.43. The number of amides is 1. The molecule has 0 aliphatic rings. The van der Waals surface area contributed by atoms with E-state index in [0.717, 1.165) is 4.31 Å². The molecule has 132 valence electrons. The Bertz CT molecular complexity index is 890. The fourth-order valence-electron chi connectivity index (χ4n) is 2.18. The number of carbonyl (C=O) groups is 2. The minimum atomic E-state index is -3.53. The van der Waals surface area contributed by atoms with Crippen molar-refractivity contribution in [1.29, 1.82) is 0 Å². The van der Waals surface area contributed by atoms with Crippen LogP contribution >= 0.6 is 0 Å². The summed E-state index contributed by atoms with van der Waals surface area (Å²) < 4.78 is 25.1. The zero-order valence-corrected chi connectivity index (χ0v) is 14.6. The molecule has 0 aliphatic carbocycles. The summed E-state index contributed by atoms with van der Waals surface area (Å²) in [6.45, 7) is 0. The second-order valence-electron chi connectivity index (χ2n) is 5.50. The molecule has 0 aromatic heterocycles. The van der Waals surface area contributed by atoms with Crippen LogP contribution in [0.1, 0.15) is 15.9 Å². The van der Waals surface area contributed by atoms with E-state index in [1.807, 2.05) is 0 Å². The average molecular weight is 362 g/mol. The molecular weight excluding hydrogens is 344 g/mol. The van der Waals surface area contributed by atoms with Crippen LogP contribution in [-0.4, -0.2) is 43.8 Å². The van der Waals surface area contributed by atoms with E-state index in [9.17, 15) is 18.0 Å². The zero-order valence-electron chi connectivity index (χ0n) is 13.8.